The molecule has 0 radical (unpaired) electrons. The molecule has 21 heavy (non-hydrogen) atoms. The lowest BCUT2D eigenvalue weighted by molar-refractivity contribution is 0.163. The van der Waals surface area contributed by atoms with Gasteiger partial charge in [-0.2, -0.15) is 0 Å². The Labute approximate surface area is 135 Å². The van der Waals surface area contributed by atoms with Gasteiger partial charge in [-0.25, -0.2) is 0 Å². The van der Waals surface area contributed by atoms with Crippen LogP contribution in [0.3, 0.4) is 0 Å². The number of unbranched alkanes of at least 4 members (excludes halogenated alkanes) is 7. The van der Waals surface area contributed by atoms with Crippen LogP contribution in [0.15, 0.2) is 0 Å². The first-order valence-corrected chi connectivity index (χ1v) is 12.7. The van der Waals surface area contributed by atoms with Gasteiger partial charge in [0.2, 0.25) is 0 Å². The molecule has 1 unspecified atom stereocenters. The van der Waals surface area contributed by atoms with Crippen LogP contribution >= 0.6 is 0 Å². The van der Waals surface area contributed by atoms with Gasteiger partial charge in [0.05, 0.1) is 0 Å². The van der Waals surface area contributed by atoms with E-state index in [1.165, 1.54) is 95.6 Å². The van der Waals surface area contributed by atoms with Crippen LogP contribution in [0.2, 0.25) is 18.6 Å². The molecule has 0 bridgehead atoms. The monoisotopic (exact) mass is 312 g/mol. The Balaban J connectivity index is 2.23. The summed E-state index contributed by atoms with van der Waals surface area (Å²) >= 11 is 0. The van der Waals surface area contributed by atoms with Gasteiger partial charge in [0.1, 0.15) is 0 Å². The zero-order valence-corrected chi connectivity index (χ0v) is 16.1. The van der Waals surface area contributed by atoms with Crippen molar-refractivity contribution < 1.29 is 4.43 Å². The molecule has 1 atom stereocenters. The molecule has 1 fully saturated rings. The first-order chi connectivity index (χ1) is 10.2. The van der Waals surface area contributed by atoms with Gasteiger partial charge < -0.3 is 4.43 Å². The lowest BCUT2D eigenvalue weighted by atomic mass is 10.0. The maximum absolute atomic E-state index is 6.71. The second-order valence-corrected chi connectivity index (χ2v) is 11.6. The molecule has 2 heteroatoms. The van der Waals surface area contributed by atoms with Crippen molar-refractivity contribution in [3.63, 3.8) is 0 Å². The van der Waals surface area contributed by atoms with E-state index < -0.39 is 8.32 Å². The Morgan fingerprint density at radius 1 is 0.762 bits per heavy atom. The van der Waals surface area contributed by atoms with E-state index in [9.17, 15) is 0 Å². The van der Waals surface area contributed by atoms with Crippen LogP contribution in [0.5, 0.6) is 0 Å². The summed E-state index contributed by atoms with van der Waals surface area (Å²) < 4.78 is 6.71. The summed E-state index contributed by atoms with van der Waals surface area (Å²) in [7, 11) is -1.29. The molecule has 1 aliphatic heterocycles. The average molecular weight is 313 g/mol. The highest BCUT2D eigenvalue weighted by molar-refractivity contribution is 6.73. The van der Waals surface area contributed by atoms with Gasteiger partial charge >= 0.3 is 0 Å². The molecule has 1 rings (SSSR count). The lowest BCUT2D eigenvalue weighted by Gasteiger charge is -2.29. The Morgan fingerprint density at radius 2 is 1.24 bits per heavy atom. The summed E-state index contributed by atoms with van der Waals surface area (Å²) in [6.07, 6.45) is 18.7. The highest BCUT2D eigenvalue weighted by Gasteiger charge is 2.35. The molecule has 0 aromatic rings. The number of rotatable bonds is 13. The van der Waals surface area contributed by atoms with E-state index in [-0.39, 0.29) is 0 Å². The zero-order valence-electron chi connectivity index (χ0n) is 15.1. The van der Waals surface area contributed by atoms with Gasteiger partial charge in [-0.3, -0.25) is 0 Å². The molecule has 0 aliphatic carbocycles. The molecule has 1 nitrogen and oxygen atoms in total. The van der Waals surface area contributed by atoms with Crippen molar-refractivity contribution >= 4 is 8.32 Å². The van der Waals surface area contributed by atoms with E-state index in [0.29, 0.717) is 6.10 Å². The summed E-state index contributed by atoms with van der Waals surface area (Å²) in [5.74, 6) is 0. The Bertz CT molecular complexity index is 236. The van der Waals surface area contributed by atoms with Crippen LogP contribution in [0, 0.1) is 0 Å². The minimum Gasteiger partial charge on any atom is -0.414 e. The Hall–Kier alpha value is 0.177. The average Bonchev–Trinajstić information content (AvgIpc) is 2.89. The molecule has 1 heterocycles. The van der Waals surface area contributed by atoms with Crippen molar-refractivity contribution in [1.29, 1.82) is 0 Å². The Kier molecular flexibility index (Phi) is 10.7. The van der Waals surface area contributed by atoms with Crippen molar-refractivity contribution in [3.05, 3.63) is 0 Å². The quantitative estimate of drug-likeness (QED) is 0.261. The standard InChI is InChI=1S/C19H40OSi/c1-4-6-8-9-10-12-16-19(15-11-7-5-2)20-21(3)17-13-14-18-21/h19H,4-18H2,1-3H3. The molecule has 0 aromatic carbocycles. The van der Waals surface area contributed by atoms with E-state index in [4.69, 9.17) is 4.43 Å². The van der Waals surface area contributed by atoms with Crippen LogP contribution in [0.4, 0.5) is 0 Å². The van der Waals surface area contributed by atoms with Crippen molar-refractivity contribution in [3.8, 4) is 0 Å². The fourth-order valence-electron chi connectivity index (χ4n) is 3.68. The third-order valence-corrected chi connectivity index (χ3v) is 8.85. The molecule has 0 spiro atoms. The largest absolute Gasteiger partial charge is 0.414 e. The van der Waals surface area contributed by atoms with E-state index in [0.717, 1.165) is 0 Å². The molecule has 126 valence electrons. The molecule has 1 aliphatic rings. The summed E-state index contributed by atoms with van der Waals surface area (Å²) in [6.45, 7) is 7.09. The summed E-state index contributed by atoms with van der Waals surface area (Å²) in [5, 5.41) is 0. The van der Waals surface area contributed by atoms with Gasteiger partial charge in [-0.05, 0) is 31.5 Å². The third-order valence-electron chi connectivity index (χ3n) is 5.12. The smallest absolute Gasteiger partial charge is 0.190 e. The van der Waals surface area contributed by atoms with Gasteiger partial charge in [-0.1, -0.05) is 84.5 Å². The van der Waals surface area contributed by atoms with E-state index in [2.05, 4.69) is 20.4 Å². The third kappa shape index (κ3) is 9.03. The fraction of sp³-hybridized carbons (Fsp3) is 1.00. The molecule has 0 aromatic heterocycles. The van der Waals surface area contributed by atoms with Gasteiger partial charge in [0.25, 0.3) is 0 Å². The lowest BCUT2D eigenvalue weighted by Crippen LogP contribution is -2.35. The van der Waals surface area contributed by atoms with Gasteiger partial charge in [0, 0.05) is 6.10 Å². The van der Waals surface area contributed by atoms with Crippen LogP contribution < -0.4 is 0 Å². The van der Waals surface area contributed by atoms with Crippen LogP contribution in [0.25, 0.3) is 0 Å². The second kappa shape index (κ2) is 11.7. The predicted molar refractivity (Wildman–Crippen MR) is 97.5 cm³/mol. The maximum Gasteiger partial charge on any atom is 0.190 e. The zero-order chi connectivity index (χ0) is 15.4. The summed E-state index contributed by atoms with van der Waals surface area (Å²) in [4.78, 5) is 0. The summed E-state index contributed by atoms with van der Waals surface area (Å²) in [5.41, 5.74) is 0. The van der Waals surface area contributed by atoms with Crippen molar-refractivity contribution in [1.82, 2.24) is 0 Å². The normalized spacial score (nSPS) is 19.0. The highest BCUT2D eigenvalue weighted by Crippen LogP contribution is 2.33. The maximum atomic E-state index is 6.71. The molecule has 0 saturated carbocycles. The minimum absolute atomic E-state index is 0.595. The van der Waals surface area contributed by atoms with Crippen LogP contribution in [0.1, 0.15) is 97.3 Å². The van der Waals surface area contributed by atoms with Gasteiger partial charge in [-0.15, -0.1) is 0 Å². The van der Waals surface area contributed by atoms with E-state index >= 15 is 0 Å². The Morgan fingerprint density at radius 3 is 1.86 bits per heavy atom. The van der Waals surface area contributed by atoms with Gasteiger partial charge in [0.15, 0.2) is 8.32 Å². The molecule has 0 amide bonds. The molecule has 0 N–H and O–H groups in total. The molecular formula is C19H40OSi. The van der Waals surface area contributed by atoms with E-state index in [1.807, 2.05) is 0 Å². The highest BCUT2D eigenvalue weighted by atomic mass is 28.4. The van der Waals surface area contributed by atoms with Crippen molar-refractivity contribution in [2.75, 3.05) is 0 Å². The first kappa shape index (κ1) is 19.2. The topological polar surface area (TPSA) is 9.23 Å². The predicted octanol–water partition coefficient (Wildman–Crippen LogP) is 7.07. The number of hydrogen-bond acceptors (Lipinski definition) is 1. The SMILES string of the molecule is CCCCCCCCC(CCCCC)O[Si]1(C)CCCC1. The second-order valence-electron chi connectivity index (χ2n) is 7.45. The summed E-state index contributed by atoms with van der Waals surface area (Å²) in [6, 6.07) is 2.85. The van der Waals surface area contributed by atoms with Crippen molar-refractivity contribution in [2.24, 2.45) is 0 Å². The van der Waals surface area contributed by atoms with Crippen LogP contribution in [-0.4, -0.2) is 14.4 Å². The number of hydrogen-bond donors (Lipinski definition) is 0. The molecular weight excluding hydrogens is 272 g/mol. The molecule has 1 saturated heterocycles. The van der Waals surface area contributed by atoms with Crippen LogP contribution in [-0.2, 0) is 4.43 Å². The first-order valence-electron chi connectivity index (χ1n) is 9.88. The van der Waals surface area contributed by atoms with E-state index in [1.54, 1.807) is 0 Å². The fourth-order valence-corrected chi connectivity index (χ4v) is 7.20. The van der Waals surface area contributed by atoms with Crippen molar-refractivity contribution in [2.45, 2.75) is 122 Å². The minimum atomic E-state index is -1.29.